The Labute approximate surface area is 173 Å². The summed E-state index contributed by atoms with van der Waals surface area (Å²) < 4.78 is 33.9. The van der Waals surface area contributed by atoms with Gasteiger partial charge in [-0.1, -0.05) is 6.07 Å². The molecule has 0 spiro atoms. The minimum atomic E-state index is -1.31. The predicted molar refractivity (Wildman–Crippen MR) is 114 cm³/mol. The average Bonchev–Trinajstić information content (AvgIpc) is 2.71. The summed E-state index contributed by atoms with van der Waals surface area (Å²) in [6.45, 7) is 1.42. The highest BCUT2D eigenvalue weighted by molar-refractivity contribution is 7.87. The lowest BCUT2D eigenvalue weighted by Crippen LogP contribution is -2.07. The van der Waals surface area contributed by atoms with Crippen molar-refractivity contribution in [3.05, 3.63) is 46.9 Å². The number of ether oxygens (including phenoxy) is 4. The largest absolute Gasteiger partial charge is 0.496 e. The quantitative estimate of drug-likeness (QED) is 0.669. The van der Waals surface area contributed by atoms with Crippen LogP contribution in [0.15, 0.2) is 35.7 Å². The van der Waals surface area contributed by atoms with Gasteiger partial charge in [0.2, 0.25) is 5.91 Å². The maximum Gasteiger partial charge on any atom is 0.221 e. The predicted octanol–water partition coefficient (Wildman–Crippen LogP) is 3.60. The first-order chi connectivity index (χ1) is 13.9. The summed E-state index contributed by atoms with van der Waals surface area (Å²) in [4.78, 5) is 11.4. The molecule has 1 atom stereocenters. The van der Waals surface area contributed by atoms with Crippen molar-refractivity contribution in [2.45, 2.75) is 12.7 Å². The number of hydrogen-bond acceptors (Lipinski definition) is 6. The molecule has 0 heterocycles. The Morgan fingerprint density at radius 1 is 0.966 bits per heavy atom. The average molecular weight is 419 g/mol. The van der Waals surface area contributed by atoms with Gasteiger partial charge in [0.05, 0.1) is 56.2 Å². The molecule has 0 aliphatic heterocycles. The molecule has 156 valence electrons. The van der Waals surface area contributed by atoms with Gasteiger partial charge >= 0.3 is 0 Å². The standard InChI is InChI=1S/C21H25NO6S/c1-14(23)22-18-10-15(6-7-19(18)26-3)13-29(24)9-8-17-20(27-4)11-16(25-2)12-21(17)28-5/h6-12H,13H2,1-5H3,(H,22,23). The molecule has 0 saturated carbocycles. The highest BCUT2D eigenvalue weighted by Gasteiger charge is 2.12. The lowest BCUT2D eigenvalue weighted by molar-refractivity contribution is -0.114. The van der Waals surface area contributed by atoms with Crippen molar-refractivity contribution >= 4 is 28.5 Å². The van der Waals surface area contributed by atoms with Gasteiger partial charge in [0, 0.05) is 24.5 Å². The second-order valence-electron chi connectivity index (χ2n) is 5.99. The Balaban J connectivity index is 2.23. The first kappa shape index (κ1) is 22.3. The van der Waals surface area contributed by atoms with Crippen molar-refractivity contribution in [2.24, 2.45) is 0 Å². The highest BCUT2D eigenvalue weighted by Crippen LogP contribution is 2.35. The molecule has 8 heteroatoms. The third-order valence-corrected chi connectivity index (χ3v) is 5.08. The zero-order valence-electron chi connectivity index (χ0n) is 17.1. The van der Waals surface area contributed by atoms with E-state index in [1.54, 1.807) is 57.1 Å². The lowest BCUT2D eigenvalue weighted by atomic mass is 10.1. The van der Waals surface area contributed by atoms with Crippen LogP contribution in [0.2, 0.25) is 0 Å². The molecular weight excluding hydrogens is 394 g/mol. The molecule has 0 saturated heterocycles. The zero-order chi connectivity index (χ0) is 21.4. The molecule has 2 aromatic carbocycles. The number of nitrogens with one attached hydrogen (secondary N) is 1. The SMILES string of the molecule is COc1cc(OC)c(C=CS(=O)Cc2ccc(OC)c(NC(C)=O)c2)c(OC)c1. The smallest absolute Gasteiger partial charge is 0.221 e. The monoisotopic (exact) mass is 419 g/mol. The van der Waals surface area contributed by atoms with Crippen molar-refractivity contribution < 1.29 is 28.0 Å². The number of carbonyl (C=O) groups excluding carboxylic acids is 1. The van der Waals surface area contributed by atoms with Crippen LogP contribution >= 0.6 is 0 Å². The van der Waals surface area contributed by atoms with Gasteiger partial charge in [-0.15, -0.1) is 0 Å². The Hall–Kier alpha value is -3.00. The fourth-order valence-electron chi connectivity index (χ4n) is 2.69. The minimum Gasteiger partial charge on any atom is -0.496 e. The van der Waals surface area contributed by atoms with E-state index in [-0.39, 0.29) is 11.7 Å². The normalized spacial score (nSPS) is 11.8. The van der Waals surface area contributed by atoms with Gasteiger partial charge in [0.1, 0.15) is 23.0 Å². The van der Waals surface area contributed by atoms with Crippen LogP contribution in [0.4, 0.5) is 5.69 Å². The summed E-state index contributed by atoms with van der Waals surface area (Å²) in [5, 5.41) is 4.29. The van der Waals surface area contributed by atoms with E-state index >= 15 is 0 Å². The van der Waals surface area contributed by atoms with Crippen molar-refractivity contribution in [1.82, 2.24) is 0 Å². The molecule has 0 aliphatic rings. The number of amides is 1. The van der Waals surface area contributed by atoms with Crippen LogP contribution in [0, 0.1) is 0 Å². The zero-order valence-corrected chi connectivity index (χ0v) is 17.9. The number of anilines is 1. The van der Waals surface area contributed by atoms with Crippen LogP contribution in [-0.2, 0) is 21.3 Å². The topological polar surface area (TPSA) is 83.1 Å². The van der Waals surface area contributed by atoms with Gasteiger partial charge in [-0.3, -0.25) is 9.00 Å². The second kappa shape index (κ2) is 10.5. The van der Waals surface area contributed by atoms with E-state index in [9.17, 15) is 9.00 Å². The van der Waals surface area contributed by atoms with E-state index in [1.807, 2.05) is 6.07 Å². The van der Waals surface area contributed by atoms with Crippen LogP contribution in [0.1, 0.15) is 18.1 Å². The summed E-state index contributed by atoms with van der Waals surface area (Å²) in [6.07, 6.45) is 1.70. The third kappa shape index (κ3) is 5.99. The first-order valence-electron chi connectivity index (χ1n) is 8.71. The van der Waals surface area contributed by atoms with Gasteiger partial charge < -0.3 is 24.3 Å². The van der Waals surface area contributed by atoms with Gasteiger partial charge in [-0.2, -0.15) is 0 Å². The van der Waals surface area contributed by atoms with Crippen LogP contribution in [0.5, 0.6) is 23.0 Å². The van der Waals surface area contributed by atoms with Crippen molar-refractivity contribution in [2.75, 3.05) is 33.8 Å². The molecule has 1 amide bonds. The molecule has 0 radical (unpaired) electrons. The maximum atomic E-state index is 12.6. The fourth-order valence-corrected chi connectivity index (χ4v) is 3.58. The van der Waals surface area contributed by atoms with Crippen molar-refractivity contribution in [3.8, 4) is 23.0 Å². The molecule has 2 rings (SSSR count). The molecule has 0 aromatic heterocycles. The molecule has 1 unspecified atom stereocenters. The minimum absolute atomic E-state index is 0.208. The van der Waals surface area contributed by atoms with Crippen LogP contribution in [-0.4, -0.2) is 38.6 Å². The number of carbonyl (C=O) groups is 1. The van der Waals surface area contributed by atoms with Gasteiger partial charge in [0.15, 0.2) is 0 Å². The summed E-state index contributed by atoms with van der Waals surface area (Å²) in [5.74, 6) is 2.30. The van der Waals surface area contributed by atoms with Crippen molar-refractivity contribution in [1.29, 1.82) is 0 Å². The van der Waals surface area contributed by atoms with Gasteiger partial charge in [-0.05, 0) is 23.8 Å². The fraction of sp³-hybridized carbons (Fsp3) is 0.286. The Morgan fingerprint density at radius 2 is 1.59 bits per heavy atom. The van der Waals surface area contributed by atoms with Gasteiger partial charge in [-0.25, -0.2) is 0 Å². The molecule has 29 heavy (non-hydrogen) atoms. The van der Waals surface area contributed by atoms with Gasteiger partial charge in [0.25, 0.3) is 0 Å². The molecule has 7 nitrogen and oxygen atoms in total. The molecule has 0 aliphatic carbocycles. The Kier molecular flexibility index (Phi) is 8.09. The molecule has 0 bridgehead atoms. The van der Waals surface area contributed by atoms with E-state index in [4.69, 9.17) is 18.9 Å². The number of benzene rings is 2. The second-order valence-corrected chi connectivity index (χ2v) is 7.31. The van der Waals surface area contributed by atoms with E-state index in [0.717, 1.165) is 5.56 Å². The summed E-state index contributed by atoms with van der Waals surface area (Å²) >= 11 is 0. The van der Waals surface area contributed by atoms with Crippen LogP contribution in [0.3, 0.4) is 0 Å². The summed E-state index contributed by atoms with van der Waals surface area (Å²) in [6, 6.07) is 8.75. The van der Waals surface area contributed by atoms with Crippen molar-refractivity contribution in [3.63, 3.8) is 0 Å². The van der Waals surface area contributed by atoms with E-state index in [2.05, 4.69) is 5.32 Å². The lowest BCUT2D eigenvalue weighted by Gasteiger charge is -2.12. The van der Waals surface area contributed by atoms with E-state index < -0.39 is 10.8 Å². The number of hydrogen-bond donors (Lipinski definition) is 1. The summed E-state index contributed by atoms with van der Waals surface area (Å²) in [5.41, 5.74) is 2.00. The highest BCUT2D eigenvalue weighted by atomic mass is 32.2. The molecular formula is C21H25NO6S. The Bertz CT molecular complexity index is 900. The third-order valence-electron chi connectivity index (χ3n) is 4.02. The maximum absolute atomic E-state index is 12.6. The van der Waals surface area contributed by atoms with E-state index in [1.165, 1.54) is 14.0 Å². The Morgan fingerprint density at radius 3 is 2.10 bits per heavy atom. The number of rotatable bonds is 9. The number of methoxy groups -OCH3 is 4. The van der Waals surface area contributed by atoms with Crippen LogP contribution in [0.25, 0.3) is 6.08 Å². The molecule has 2 aromatic rings. The van der Waals surface area contributed by atoms with Crippen LogP contribution < -0.4 is 24.3 Å². The molecule has 0 fully saturated rings. The first-order valence-corrected chi connectivity index (χ1v) is 10.1. The van der Waals surface area contributed by atoms with E-state index in [0.29, 0.717) is 34.2 Å². The summed E-state index contributed by atoms with van der Waals surface area (Å²) in [7, 11) is 4.87. The molecule has 1 N–H and O–H groups in total.